The Balaban J connectivity index is 2.90. The maximum atomic E-state index is 11.0. The number of phenols is 1. The molecule has 0 saturated heterocycles. The summed E-state index contributed by atoms with van der Waals surface area (Å²) in [5.74, 6) is -0.00327. The van der Waals surface area contributed by atoms with Gasteiger partial charge in [0.2, 0.25) is 0 Å². The SMILES string of the molecule is COc1cc(C=CC(=O)C=S=O)ccc1O. The van der Waals surface area contributed by atoms with Gasteiger partial charge in [0.1, 0.15) is 0 Å². The molecule has 16 heavy (non-hydrogen) atoms. The van der Waals surface area contributed by atoms with Crippen LogP contribution in [0, 0.1) is 0 Å². The van der Waals surface area contributed by atoms with E-state index in [1.807, 2.05) is 0 Å². The van der Waals surface area contributed by atoms with Crippen LogP contribution in [0.1, 0.15) is 5.56 Å². The van der Waals surface area contributed by atoms with Crippen LogP contribution in [0.25, 0.3) is 6.08 Å². The van der Waals surface area contributed by atoms with Crippen LogP contribution in [0.3, 0.4) is 0 Å². The highest BCUT2D eigenvalue weighted by Gasteiger charge is 2.00. The largest absolute Gasteiger partial charge is 0.504 e. The molecule has 0 amide bonds. The monoisotopic (exact) mass is 238 g/mol. The van der Waals surface area contributed by atoms with Crippen molar-refractivity contribution < 1.29 is 18.8 Å². The van der Waals surface area contributed by atoms with Crippen molar-refractivity contribution in [1.82, 2.24) is 0 Å². The highest BCUT2D eigenvalue weighted by molar-refractivity contribution is 7.66. The molecule has 1 rings (SSSR count). The molecule has 0 bridgehead atoms. The molecule has 0 aliphatic rings. The summed E-state index contributed by atoms with van der Waals surface area (Å²) in [6, 6.07) is 4.68. The third kappa shape index (κ3) is 3.36. The van der Waals surface area contributed by atoms with E-state index in [9.17, 15) is 14.1 Å². The predicted octanol–water partition coefficient (Wildman–Crippen LogP) is 0.998. The molecule has 1 N–H and O–H groups in total. The standard InChI is InChI=1S/C11H10O4S/c1-15-11-6-8(3-5-10(11)13)2-4-9(12)7-16-14/h2-7,13H,1H3. The number of aromatic hydroxyl groups is 1. The molecule has 4 nitrogen and oxygen atoms in total. The van der Waals surface area contributed by atoms with Crippen LogP contribution in [-0.4, -0.2) is 27.6 Å². The van der Waals surface area contributed by atoms with Crippen molar-refractivity contribution in [3.63, 3.8) is 0 Å². The van der Waals surface area contributed by atoms with Gasteiger partial charge in [-0.05, 0) is 23.8 Å². The molecule has 0 radical (unpaired) electrons. The number of hydrogen-bond acceptors (Lipinski definition) is 4. The molecule has 0 aromatic heterocycles. The second-order valence-electron chi connectivity index (χ2n) is 2.88. The van der Waals surface area contributed by atoms with Gasteiger partial charge in [-0.2, -0.15) is 0 Å². The van der Waals surface area contributed by atoms with Gasteiger partial charge in [0.05, 0.1) is 23.7 Å². The van der Waals surface area contributed by atoms with Crippen molar-refractivity contribution in [3.05, 3.63) is 29.8 Å². The van der Waals surface area contributed by atoms with E-state index in [0.29, 0.717) is 11.3 Å². The molecule has 0 atom stereocenters. The van der Waals surface area contributed by atoms with Crippen molar-refractivity contribution in [1.29, 1.82) is 0 Å². The second-order valence-corrected chi connectivity index (χ2v) is 3.31. The van der Waals surface area contributed by atoms with Gasteiger partial charge in [-0.15, -0.1) is 0 Å². The third-order valence-electron chi connectivity index (χ3n) is 1.81. The number of rotatable bonds is 4. The molecule has 84 valence electrons. The molecule has 0 saturated carbocycles. The zero-order valence-corrected chi connectivity index (χ0v) is 9.36. The van der Waals surface area contributed by atoms with Gasteiger partial charge < -0.3 is 9.84 Å². The first-order valence-corrected chi connectivity index (χ1v) is 5.18. The summed E-state index contributed by atoms with van der Waals surface area (Å²) in [4.78, 5) is 11.0. The number of phenolic OH excluding ortho intramolecular Hbond substituents is 1. The number of methoxy groups -OCH3 is 1. The lowest BCUT2D eigenvalue weighted by Gasteiger charge is -2.03. The summed E-state index contributed by atoms with van der Waals surface area (Å²) in [7, 11) is 1.44. The number of carbonyl (C=O) groups excluding carboxylic acids is 1. The third-order valence-corrected chi connectivity index (χ3v) is 2.14. The highest BCUT2D eigenvalue weighted by Crippen LogP contribution is 2.26. The highest BCUT2D eigenvalue weighted by atomic mass is 32.1. The van der Waals surface area contributed by atoms with Gasteiger partial charge in [0.15, 0.2) is 17.3 Å². The fraction of sp³-hybridized carbons (Fsp3) is 0.0909. The van der Waals surface area contributed by atoms with E-state index in [1.54, 1.807) is 12.1 Å². The van der Waals surface area contributed by atoms with E-state index in [-0.39, 0.29) is 22.8 Å². The fourth-order valence-corrected chi connectivity index (χ4v) is 1.24. The lowest BCUT2D eigenvalue weighted by molar-refractivity contribution is -0.108. The van der Waals surface area contributed by atoms with Gasteiger partial charge in [0, 0.05) is 0 Å². The van der Waals surface area contributed by atoms with Gasteiger partial charge in [-0.1, -0.05) is 12.1 Å². The Morgan fingerprint density at radius 2 is 2.25 bits per heavy atom. The predicted molar refractivity (Wildman–Crippen MR) is 62.9 cm³/mol. The fourth-order valence-electron chi connectivity index (χ4n) is 1.06. The van der Waals surface area contributed by atoms with E-state index in [1.165, 1.54) is 25.3 Å². The molecule has 0 heterocycles. The van der Waals surface area contributed by atoms with Gasteiger partial charge in [-0.3, -0.25) is 4.79 Å². The minimum absolute atomic E-state index is 0.0349. The minimum Gasteiger partial charge on any atom is -0.504 e. The van der Waals surface area contributed by atoms with Crippen molar-refractivity contribution >= 4 is 28.5 Å². The number of ether oxygens (including phenoxy) is 1. The molecule has 1 aromatic carbocycles. The Hall–Kier alpha value is -1.88. The summed E-state index contributed by atoms with van der Waals surface area (Å²) in [6.45, 7) is 0. The summed E-state index contributed by atoms with van der Waals surface area (Å²) < 4.78 is 15.0. The Labute approximate surface area is 96.2 Å². The Kier molecular flexibility index (Phi) is 4.47. The molecular formula is C11H10O4S. The minimum atomic E-state index is -0.368. The molecule has 0 aliphatic carbocycles. The van der Waals surface area contributed by atoms with Crippen LogP contribution in [-0.2, 0) is 16.1 Å². The van der Waals surface area contributed by atoms with Crippen LogP contribution >= 0.6 is 0 Å². The Bertz CT molecular complexity index is 473. The quantitative estimate of drug-likeness (QED) is 0.628. The van der Waals surface area contributed by atoms with Crippen molar-refractivity contribution in [2.24, 2.45) is 0 Å². The van der Waals surface area contributed by atoms with Crippen LogP contribution in [0.5, 0.6) is 11.5 Å². The maximum Gasteiger partial charge on any atom is 0.191 e. The molecule has 0 spiro atoms. The van der Waals surface area contributed by atoms with E-state index >= 15 is 0 Å². The Morgan fingerprint density at radius 3 is 2.88 bits per heavy atom. The molecule has 1 aromatic rings. The lowest BCUT2D eigenvalue weighted by Crippen LogP contribution is -1.92. The van der Waals surface area contributed by atoms with Gasteiger partial charge in [-0.25, -0.2) is 4.21 Å². The summed E-state index contributed by atoms with van der Waals surface area (Å²) in [6.07, 6.45) is 2.81. The summed E-state index contributed by atoms with van der Waals surface area (Å²) >= 11 is 0.114. The number of hydrogen-bond donors (Lipinski definition) is 1. The van der Waals surface area contributed by atoms with E-state index in [4.69, 9.17) is 4.74 Å². The zero-order valence-electron chi connectivity index (χ0n) is 8.54. The van der Waals surface area contributed by atoms with Gasteiger partial charge >= 0.3 is 0 Å². The first-order valence-electron chi connectivity index (χ1n) is 4.38. The molecular weight excluding hydrogens is 228 g/mol. The Morgan fingerprint density at radius 1 is 1.50 bits per heavy atom. The molecule has 5 heteroatoms. The molecule has 0 fully saturated rings. The van der Waals surface area contributed by atoms with E-state index in [2.05, 4.69) is 0 Å². The van der Waals surface area contributed by atoms with Crippen LogP contribution < -0.4 is 4.74 Å². The summed E-state index contributed by atoms with van der Waals surface area (Å²) in [5, 5.41) is 10.3. The number of benzene rings is 1. The van der Waals surface area contributed by atoms with Crippen LogP contribution in [0.2, 0.25) is 0 Å². The average molecular weight is 238 g/mol. The smallest absolute Gasteiger partial charge is 0.191 e. The number of carbonyl (C=O) groups is 1. The normalized spacial score (nSPS) is 10.1. The first-order chi connectivity index (χ1) is 7.67. The average Bonchev–Trinajstić information content (AvgIpc) is 2.28. The van der Waals surface area contributed by atoms with Crippen molar-refractivity contribution in [2.75, 3.05) is 7.11 Å². The number of allylic oxidation sites excluding steroid dienone is 1. The maximum absolute atomic E-state index is 11.0. The lowest BCUT2D eigenvalue weighted by atomic mass is 10.2. The number of ketones is 1. The van der Waals surface area contributed by atoms with E-state index < -0.39 is 0 Å². The van der Waals surface area contributed by atoms with E-state index in [0.717, 1.165) is 5.37 Å². The van der Waals surface area contributed by atoms with Crippen LogP contribution in [0.4, 0.5) is 0 Å². The van der Waals surface area contributed by atoms with Gasteiger partial charge in [0.25, 0.3) is 0 Å². The zero-order chi connectivity index (χ0) is 12.0. The second kappa shape index (κ2) is 5.87. The summed E-state index contributed by atoms with van der Waals surface area (Å²) in [5.41, 5.74) is 0.701. The van der Waals surface area contributed by atoms with Crippen LogP contribution in [0.15, 0.2) is 24.3 Å². The topological polar surface area (TPSA) is 63.6 Å². The van der Waals surface area contributed by atoms with Crippen molar-refractivity contribution in [3.8, 4) is 11.5 Å². The first kappa shape index (κ1) is 12.2. The van der Waals surface area contributed by atoms with Crippen molar-refractivity contribution in [2.45, 2.75) is 0 Å². The molecule has 0 unspecified atom stereocenters. The molecule has 0 aliphatic heterocycles.